The highest BCUT2D eigenvalue weighted by Crippen LogP contribution is 2.27. The zero-order valence-electron chi connectivity index (χ0n) is 18.8. The van der Waals surface area contributed by atoms with Crippen molar-refractivity contribution in [1.29, 1.82) is 0 Å². The highest BCUT2D eigenvalue weighted by molar-refractivity contribution is 7.92. The van der Waals surface area contributed by atoms with E-state index in [2.05, 4.69) is 0 Å². The molecule has 0 spiro atoms. The molecule has 1 aliphatic heterocycles. The summed E-state index contributed by atoms with van der Waals surface area (Å²) in [5.41, 5.74) is 1.30. The average molecular weight is 468 g/mol. The first-order valence-corrected chi connectivity index (χ1v) is 12.9. The van der Waals surface area contributed by atoms with Gasteiger partial charge >= 0.3 is 0 Å². The lowest BCUT2D eigenvalue weighted by atomic mass is 10.2. The van der Waals surface area contributed by atoms with Crippen molar-refractivity contribution in [3.8, 4) is 0 Å². The molecule has 33 heavy (non-hydrogen) atoms. The van der Waals surface area contributed by atoms with Crippen LogP contribution in [0.2, 0.25) is 0 Å². The van der Waals surface area contributed by atoms with Crippen molar-refractivity contribution in [3.63, 3.8) is 0 Å². The third-order valence-corrected chi connectivity index (χ3v) is 7.80. The van der Waals surface area contributed by atoms with E-state index in [0.29, 0.717) is 16.6 Å². The van der Waals surface area contributed by atoms with E-state index < -0.39 is 21.5 Å². The van der Waals surface area contributed by atoms with Crippen molar-refractivity contribution in [2.45, 2.75) is 37.1 Å². The second kappa shape index (κ2) is 9.79. The topological polar surface area (TPSA) is 79.7 Å². The number of rotatable bonds is 6. The van der Waals surface area contributed by atoms with Crippen LogP contribution in [0.25, 0.3) is 10.9 Å². The van der Waals surface area contributed by atoms with Crippen molar-refractivity contribution in [3.05, 3.63) is 60.8 Å². The molecule has 1 fully saturated rings. The number of likely N-dealkylation sites (tertiary alicyclic amines) is 1. The number of amides is 2. The largest absolute Gasteiger partial charge is 0.341 e. The van der Waals surface area contributed by atoms with Gasteiger partial charge in [-0.3, -0.25) is 9.59 Å². The van der Waals surface area contributed by atoms with Gasteiger partial charge in [0.15, 0.2) is 9.84 Å². The highest BCUT2D eigenvalue weighted by atomic mass is 32.2. The molecule has 2 heterocycles. The molecule has 2 amide bonds. The van der Waals surface area contributed by atoms with Gasteiger partial charge in [-0.15, -0.1) is 0 Å². The van der Waals surface area contributed by atoms with Crippen LogP contribution < -0.4 is 4.90 Å². The summed E-state index contributed by atoms with van der Waals surface area (Å²) >= 11 is 0. The first-order chi connectivity index (χ1) is 15.9. The summed E-state index contributed by atoms with van der Waals surface area (Å²) in [5, 5.41) is 0.524. The summed E-state index contributed by atoms with van der Waals surface area (Å²) in [7, 11) is -2.36. The zero-order valence-corrected chi connectivity index (χ0v) is 19.6. The predicted octanol–water partition coefficient (Wildman–Crippen LogP) is 3.48. The van der Waals surface area contributed by atoms with Crippen LogP contribution in [-0.4, -0.2) is 55.6 Å². The molecule has 1 aromatic heterocycles. The Bertz CT molecular complexity index is 1240. The van der Waals surface area contributed by atoms with Gasteiger partial charge in [0, 0.05) is 42.9 Å². The summed E-state index contributed by atoms with van der Waals surface area (Å²) < 4.78 is 28.3. The number of aromatic nitrogens is 1. The van der Waals surface area contributed by atoms with E-state index in [9.17, 15) is 18.0 Å². The Morgan fingerprint density at radius 3 is 2.24 bits per heavy atom. The van der Waals surface area contributed by atoms with Crippen LogP contribution >= 0.6 is 0 Å². The van der Waals surface area contributed by atoms with Gasteiger partial charge in [-0.1, -0.05) is 49.2 Å². The third kappa shape index (κ3) is 5.11. The van der Waals surface area contributed by atoms with E-state index in [4.69, 9.17) is 0 Å². The standard InChI is InChI=1S/C25H29N3O4S/c1-26(20-11-5-4-6-12-20)25(30)19-33(31,32)23-17-28(22-14-8-7-13-21(22)23)18-24(29)27-15-9-2-3-10-16-27/h4-8,11-14,17H,2-3,9-10,15-16,18-19H2,1H3. The first kappa shape index (κ1) is 23.0. The SMILES string of the molecule is CN(C(=O)CS(=O)(=O)c1cn(CC(=O)N2CCCCCC2)c2ccccc12)c1ccccc1. The monoisotopic (exact) mass is 467 g/mol. The molecule has 0 atom stereocenters. The number of para-hydroxylation sites is 2. The highest BCUT2D eigenvalue weighted by Gasteiger charge is 2.27. The van der Waals surface area contributed by atoms with Crippen LogP contribution in [0, 0.1) is 0 Å². The molecule has 0 aliphatic carbocycles. The molecule has 0 N–H and O–H groups in total. The van der Waals surface area contributed by atoms with Gasteiger partial charge in [-0.2, -0.15) is 0 Å². The third-order valence-electron chi connectivity index (χ3n) is 6.18. The lowest BCUT2D eigenvalue weighted by Gasteiger charge is -2.20. The minimum absolute atomic E-state index is 0.0125. The maximum absolute atomic E-state index is 13.3. The number of carbonyl (C=O) groups excluding carboxylic acids is 2. The number of hydrogen-bond donors (Lipinski definition) is 0. The fraction of sp³-hybridized carbons (Fsp3) is 0.360. The van der Waals surface area contributed by atoms with Crippen LogP contribution in [0.5, 0.6) is 0 Å². The molecule has 0 radical (unpaired) electrons. The lowest BCUT2D eigenvalue weighted by molar-refractivity contribution is -0.131. The summed E-state index contributed by atoms with van der Waals surface area (Å²) in [6, 6.07) is 16.0. The van der Waals surface area contributed by atoms with Crippen LogP contribution in [-0.2, 0) is 26.0 Å². The van der Waals surface area contributed by atoms with Gasteiger partial charge in [0.2, 0.25) is 11.8 Å². The molecule has 1 aliphatic rings. The van der Waals surface area contributed by atoms with Crippen molar-refractivity contribution in [1.82, 2.24) is 9.47 Å². The molecule has 0 saturated carbocycles. The Morgan fingerprint density at radius 2 is 1.55 bits per heavy atom. The van der Waals surface area contributed by atoms with E-state index in [1.54, 1.807) is 48.0 Å². The second-order valence-electron chi connectivity index (χ2n) is 8.48. The molecular weight excluding hydrogens is 438 g/mol. The zero-order chi connectivity index (χ0) is 23.4. The second-order valence-corrected chi connectivity index (χ2v) is 10.4. The molecule has 0 unspecified atom stereocenters. The minimum Gasteiger partial charge on any atom is -0.341 e. The smallest absolute Gasteiger partial charge is 0.242 e. The molecule has 2 aromatic carbocycles. The number of fused-ring (bicyclic) bond motifs is 1. The number of sulfone groups is 1. The number of benzene rings is 2. The van der Waals surface area contributed by atoms with E-state index in [-0.39, 0.29) is 17.3 Å². The molecule has 8 heteroatoms. The first-order valence-electron chi connectivity index (χ1n) is 11.3. The number of nitrogens with zero attached hydrogens (tertiary/aromatic N) is 3. The maximum Gasteiger partial charge on any atom is 0.242 e. The molecule has 174 valence electrons. The van der Waals surface area contributed by atoms with Crippen LogP contribution in [0.15, 0.2) is 65.7 Å². The number of carbonyl (C=O) groups is 2. The van der Waals surface area contributed by atoms with Gasteiger partial charge in [0.1, 0.15) is 12.3 Å². The summed E-state index contributed by atoms with van der Waals surface area (Å²) in [6.45, 7) is 1.56. The average Bonchev–Trinajstić information content (AvgIpc) is 2.98. The van der Waals surface area contributed by atoms with E-state index in [1.165, 1.54) is 11.1 Å². The summed E-state index contributed by atoms with van der Waals surface area (Å²) in [6.07, 6.45) is 5.75. The van der Waals surface area contributed by atoms with Gasteiger partial charge in [0.25, 0.3) is 0 Å². The van der Waals surface area contributed by atoms with Crippen molar-refractivity contribution in [2.75, 3.05) is 30.8 Å². The maximum atomic E-state index is 13.3. The molecule has 0 bridgehead atoms. The van der Waals surface area contributed by atoms with Gasteiger partial charge in [-0.25, -0.2) is 8.42 Å². The normalized spacial score (nSPS) is 14.8. The van der Waals surface area contributed by atoms with E-state index in [0.717, 1.165) is 38.8 Å². The van der Waals surface area contributed by atoms with Gasteiger partial charge < -0.3 is 14.4 Å². The molecule has 4 rings (SSSR count). The van der Waals surface area contributed by atoms with Crippen LogP contribution in [0.1, 0.15) is 25.7 Å². The lowest BCUT2D eigenvalue weighted by Crippen LogP contribution is -2.34. The Balaban J connectivity index is 1.59. The molecular formula is C25H29N3O4S. The Labute approximate surface area is 194 Å². The summed E-state index contributed by atoms with van der Waals surface area (Å²) in [5.74, 6) is -1.17. The fourth-order valence-electron chi connectivity index (χ4n) is 4.29. The molecule has 7 nitrogen and oxygen atoms in total. The Hall–Kier alpha value is -3.13. The van der Waals surface area contributed by atoms with Gasteiger partial charge in [0.05, 0.1) is 4.90 Å². The van der Waals surface area contributed by atoms with Gasteiger partial charge in [-0.05, 0) is 31.0 Å². The van der Waals surface area contributed by atoms with Crippen LogP contribution in [0.3, 0.4) is 0 Å². The predicted molar refractivity (Wildman–Crippen MR) is 129 cm³/mol. The van der Waals surface area contributed by atoms with E-state index >= 15 is 0 Å². The number of hydrogen-bond acceptors (Lipinski definition) is 4. The fourth-order valence-corrected chi connectivity index (χ4v) is 5.76. The van der Waals surface area contributed by atoms with Crippen molar-refractivity contribution in [2.24, 2.45) is 0 Å². The minimum atomic E-state index is -3.92. The van der Waals surface area contributed by atoms with Crippen molar-refractivity contribution >= 4 is 38.2 Å². The van der Waals surface area contributed by atoms with E-state index in [1.807, 2.05) is 23.1 Å². The van der Waals surface area contributed by atoms with Crippen LogP contribution in [0.4, 0.5) is 5.69 Å². The quantitative estimate of drug-likeness (QED) is 0.556. The Kier molecular flexibility index (Phi) is 6.83. The van der Waals surface area contributed by atoms with Crippen molar-refractivity contribution < 1.29 is 18.0 Å². The molecule has 3 aromatic rings. The summed E-state index contributed by atoms with van der Waals surface area (Å²) in [4.78, 5) is 29.0. The molecule has 1 saturated heterocycles. The number of anilines is 1. The Morgan fingerprint density at radius 1 is 0.909 bits per heavy atom.